The summed E-state index contributed by atoms with van der Waals surface area (Å²) in [5.41, 5.74) is 2.35. The summed E-state index contributed by atoms with van der Waals surface area (Å²) in [5.74, 6) is 0.431. The Hall–Kier alpha value is -2.44. The van der Waals surface area contributed by atoms with Gasteiger partial charge in [0.1, 0.15) is 5.69 Å². The third-order valence-electron chi connectivity index (χ3n) is 3.12. The Labute approximate surface area is 116 Å². The number of anilines is 1. The first-order chi connectivity index (χ1) is 9.54. The van der Waals surface area contributed by atoms with Crippen molar-refractivity contribution < 1.29 is 4.92 Å². The smallest absolute Gasteiger partial charge is 0.333 e. The van der Waals surface area contributed by atoms with Gasteiger partial charge >= 0.3 is 5.69 Å². The average Bonchev–Trinajstić information content (AvgIpc) is 2.74. The van der Waals surface area contributed by atoms with E-state index in [1.54, 1.807) is 17.8 Å². The van der Waals surface area contributed by atoms with Crippen LogP contribution in [0.1, 0.15) is 23.9 Å². The zero-order valence-electron chi connectivity index (χ0n) is 11.8. The van der Waals surface area contributed by atoms with Crippen LogP contribution in [0.15, 0.2) is 18.3 Å². The Morgan fingerprint density at radius 1 is 1.45 bits per heavy atom. The van der Waals surface area contributed by atoms with Gasteiger partial charge in [-0.05, 0) is 32.4 Å². The highest BCUT2D eigenvalue weighted by Crippen LogP contribution is 2.28. The second-order valence-electron chi connectivity index (χ2n) is 4.48. The molecule has 0 saturated carbocycles. The van der Waals surface area contributed by atoms with Crippen LogP contribution in [-0.4, -0.2) is 19.7 Å². The van der Waals surface area contributed by atoms with Crippen molar-refractivity contribution in [1.82, 2.24) is 14.8 Å². The summed E-state index contributed by atoms with van der Waals surface area (Å²) in [6.07, 6.45) is 1.71. The molecule has 7 nitrogen and oxygen atoms in total. The van der Waals surface area contributed by atoms with Gasteiger partial charge in [0.25, 0.3) is 0 Å². The molecule has 106 valence electrons. The third-order valence-corrected chi connectivity index (χ3v) is 3.12. The normalized spacial score (nSPS) is 10.6. The molecule has 0 radical (unpaired) electrons. The van der Waals surface area contributed by atoms with Crippen LogP contribution in [0, 0.1) is 24.0 Å². The maximum atomic E-state index is 11.1. The molecule has 2 heterocycles. The first-order valence-corrected chi connectivity index (χ1v) is 6.40. The molecular formula is C13H17N5O2. The zero-order chi connectivity index (χ0) is 14.7. The fraction of sp³-hybridized carbons (Fsp3) is 0.385. The Bertz CT molecular complexity index is 636. The van der Waals surface area contributed by atoms with Crippen molar-refractivity contribution in [3.63, 3.8) is 0 Å². The number of nitrogens with one attached hydrogen (secondary N) is 1. The van der Waals surface area contributed by atoms with E-state index >= 15 is 0 Å². The highest BCUT2D eigenvalue weighted by Gasteiger charge is 2.24. The van der Waals surface area contributed by atoms with Gasteiger partial charge in [0.2, 0.25) is 5.82 Å². The van der Waals surface area contributed by atoms with Crippen LogP contribution < -0.4 is 5.32 Å². The average molecular weight is 275 g/mol. The van der Waals surface area contributed by atoms with Crippen LogP contribution >= 0.6 is 0 Å². The number of nitrogens with zero attached hydrogens (tertiary/aromatic N) is 4. The van der Waals surface area contributed by atoms with Gasteiger partial charge in [0.05, 0.1) is 17.2 Å². The molecule has 0 amide bonds. The lowest BCUT2D eigenvalue weighted by Crippen LogP contribution is -2.10. The van der Waals surface area contributed by atoms with E-state index in [1.807, 2.05) is 26.0 Å². The van der Waals surface area contributed by atoms with Gasteiger partial charge in [-0.15, -0.1) is 0 Å². The van der Waals surface area contributed by atoms with Crippen LogP contribution in [0.4, 0.5) is 11.5 Å². The van der Waals surface area contributed by atoms with Crippen molar-refractivity contribution in [3.05, 3.63) is 45.4 Å². The van der Waals surface area contributed by atoms with Crippen molar-refractivity contribution in [2.45, 2.75) is 33.9 Å². The summed E-state index contributed by atoms with van der Waals surface area (Å²) in [7, 11) is 0. The molecule has 20 heavy (non-hydrogen) atoms. The lowest BCUT2D eigenvalue weighted by Gasteiger charge is -2.08. The summed E-state index contributed by atoms with van der Waals surface area (Å²) in [5, 5.41) is 18.4. The Kier molecular flexibility index (Phi) is 3.97. The largest absolute Gasteiger partial charge is 0.359 e. The van der Waals surface area contributed by atoms with Crippen LogP contribution in [-0.2, 0) is 13.1 Å². The maximum Gasteiger partial charge on any atom is 0.333 e. The number of aryl methyl sites for hydroxylation is 3. The molecule has 0 aliphatic heterocycles. The minimum atomic E-state index is -0.401. The number of hydrogen-bond acceptors (Lipinski definition) is 5. The van der Waals surface area contributed by atoms with E-state index in [0.717, 1.165) is 11.3 Å². The van der Waals surface area contributed by atoms with E-state index in [0.29, 0.717) is 24.6 Å². The Morgan fingerprint density at radius 3 is 2.80 bits per heavy atom. The van der Waals surface area contributed by atoms with E-state index in [9.17, 15) is 10.1 Å². The number of hydrogen-bond donors (Lipinski definition) is 1. The standard InChI is InChI=1S/C13H17N5O2/c1-4-17-13(12(18(19)20)10(3)16-17)15-8-11-9(2)6-5-7-14-11/h5-7,15H,4,8H2,1-3H3. The fourth-order valence-corrected chi connectivity index (χ4v) is 2.07. The minimum absolute atomic E-state index is 0.0282. The number of aromatic nitrogens is 3. The predicted molar refractivity (Wildman–Crippen MR) is 75.6 cm³/mol. The van der Waals surface area contributed by atoms with E-state index in [2.05, 4.69) is 15.4 Å². The molecule has 0 unspecified atom stereocenters. The quantitative estimate of drug-likeness (QED) is 0.669. The lowest BCUT2D eigenvalue weighted by atomic mass is 10.2. The molecule has 0 saturated heterocycles. The molecular weight excluding hydrogens is 258 g/mol. The molecule has 0 bridgehead atoms. The van der Waals surface area contributed by atoms with Crippen LogP contribution in [0.25, 0.3) is 0 Å². The van der Waals surface area contributed by atoms with Crippen LogP contribution in [0.5, 0.6) is 0 Å². The first kappa shape index (κ1) is 14.0. The molecule has 0 aromatic carbocycles. The summed E-state index contributed by atoms with van der Waals surface area (Å²) >= 11 is 0. The van der Waals surface area contributed by atoms with Gasteiger partial charge in [-0.1, -0.05) is 6.07 Å². The van der Waals surface area contributed by atoms with Gasteiger partial charge in [-0.2, -0.15) is 5.10 Å². The number of pyridine rings is 1. The summed E-state index contributed by atoms with van der Waals surface area (Å²) in [6.45, 7) is 6.49. The summed E-state index contributed by atoms with van der Waals surface area (Å²) in [4.78, 5) is 15.0. The predicted octanol–water partition coefficient (Wildman–Crippen LogP) is 2.44. The van der Waals surface area contributed by atoms with Gasteiger partial charge in [-0.3, -0.25) is 15.1 Å². The minimum Gasteiger partial charge on any atom is -0.359 e. The van der Waals surface area contributed by atoms with Crippen LogP contribution in [0.2, 0.25) is 0 Å². The molecule has 1 N–H and O–H groups in total. The SMILES string of the molecule is CCn1nc(C)c([N+](=O)[O-])c1NCc1ncccc1C. The second kappa shape index (κ2) is 5.68. The molecule has 7 heteroatoms. The Morgan fingerprint density at radius 2 is 2.20 bits per heavy atom. The van der Waals surface area contributed by atoms with Gasteiger partial charge in [0, 0.05) is 12.7 Å². The summed E-state index contributed by atoms with van der Waals surface area (Å²) < 4.78 is 1.60. The second-order valence-corrected chi connectivity index (χ2v) is 4.48. The molecule has 0 atom stereocenters. The highest BCUT2D eigenvalue weighted by molar-refractivity contribution is 5.59. The molecule has 0 fully saturated rings. The van der Waals surface area contributed by atoms with E-state index in [4.69, 9.17) is 0 Å². The zero-order valence-corrected chi connectivity index (χ0v) is 11.8. The lowest BCUT2D eigenvalue weighted by molar-refractivity contribution is -0.384. The monoisotopic (exact) mass is 275 g/mol. The van der Waals surface area contributed by atoms with Gasteiger partial charge < -0.3 is 5.32 Å². The van der Waals surface area contributed by atoms with Crippen molar-refractivity contribution in [2.75, 3.05) is 5.32 Å². The number of rotatable bonds is 5. The van der Waals surface area contributed by atoms with Crippen molar-refractivity contribution in [2.24, 2.45) is 0 Å². The number of nitro groups is 1. The van der Waals surface area contributed by atoms with E-state index in [-0.39, 0.29) is 5.69 Å². The van der Waals surface area contributed by atoms with Crippen molar-refractivity contribution >= 4 is 11.5 Å². The highest BCUT2D eigenvalue weighted by atomic mass is 16.6. The molecule has 0 aliphatic carbocycles. The molecule has 2 rings (SSSR count). The van der Waals surface area contributed by atoms with E-state index < -0.39 is 4.92 Å². The summed E-state index contributed by atoms with van der Waals surface area (Å²) in [6, 6.07) is 3.82. The Balaban J connectivity index is 2.29. The fourth-order valence-electron chi connectivity index (χ4n) is 2.07. The van der Waals surface area contributed by atoms with Crippen LogP contribution in [0.3, 0.4) is 0 Å². The molecule has 2 aromatic heterocycles. The topological polar surface area (TPSA) is 85.9 Å². The van der Waals surface area contributed by atoms with Gasteiger partial charge in [0.15, 0.2) is 0 Å². The molecule has 2 aromatic rings. The van der Waals surface area contributed by atoms with Gasteiger partial charge in [-0.25, -0.2) is 4.68 Å². The maximum absolute atomic E-state index is 11.1. The van der Waals surface area contributed by atoms with E-state index in [1.165, 1.54) is 0 Å². The first-order valence-electron chi connectivity index (χ1n) is 6.40. The molecule has 0 spiro atoms. The van der Waals surface area contributed by atoms with Crippen molar-refractivity contribution in [1.29, 1.82) is 0 Å². The van der Waals surface area contributed by atoms with Crippen molar-refractivity contribution in [3.8, 4) is 0 Å². The molecule has 0 aliphatic rings. The third kappa shape index (κ3) is 2.61.